The van der Waals surface area contributed by atoms with E-state index in [4.69, 9.17) is 0 Å². The molecule has 1 aliphatic heterocycles. The summed E-state index contributed by atoms with van der Waals surface area (Å²) in [7, 11) is 0.726. The first-order chi connectivity index (χ1) is 16.2. The molecule has 5 aromatic rings. The fraction of sp³-hybridized carbons (Fsp3) is 0.258. The third-order valence-electron chi connectivity index (χ3n) is 7.54. The topological polar surface area (TPSA) is 3.88 Å². The summed E-state index contributed by atoms with van der Waals surface area (Å²) in [6.45, 7) is 14.4. The smallest absolute Gasteiger partial charge is 0.200 e. The van der Waals surface area contributed by atoms with Crippen LogP contribution in [0.4, 0.5) is 0 Å². The summed E-state index contributed by atoms with van der Waals surface area (Å²) >= 11 is 2.00. The van der Waals surface area contributed by atoms with Gasteiger partial charge in [-0.1, -0.05) is 92.9 Å². The van der Waals surface area contributed by atoms with Crippen molar-refractivity contribution in [3.8, 4) is 11.3 Å². The Bertz CT molecular complexity index is 1660. The maximum absolute atomic E-state index is 2.51. The highest BCUT2D eigenvalue weighted by atomic mass is 32.2. The Hall–Kier alpha value is -2.62. The Morgan fingerprint density at radius 3 is 2.24 bits per heavy atom. The summed E-state index contributed by atoms with van der Waals surface area (Å²) < 4.78 is 2.35. The summed E-state index contributed by atoms with van der Waals surface area (Å²) in [4.78, 5) is 2.86. The first-order valence-corrected chi connectivity index (χ1v) is 16.6. The molecular weight excluding hydrogens is 447 g/mol. The number of pyridine rings is 1. The zero-order chi connectivity index (χ0) is 23.9. The van der Waals surface area contributed by atoms with Gasteiger partial charge in [0.2, 0.25) is 5.69 Å². The van der Waals surface area contributed by atoms with Crippen LogP contribution in [-0.2, 0) is 7.05 Å². The van der Waals surface area contributed by atoms with Gasteiger partial charge in [-0.3, -0.25) is 0 Å². The Morgan fingerprint density at radius 1 is 0.824 bits per heavy atom. The first kappa shape index (κ1) is 21.9. The number of hydrogen-bond acceptors (Lipinski definition) is 1. The molecule has 4 aromatic carbocycles. The van der Waals surface area contributed by atoms with Gasteiger partial charge in [-0.25, -0.2) is 4.57 Å². The van der Waals surface area contributed by atoms with E-state index in [0.29, 0.717) is 5.92 Å². The molecule has 6 rings (SSSR count). The Balaban J connectivity index is 1.84. The van der Waals surface area contributed by atoms with Crippen molar-refractivity contribution in [3.05, 3.63) is 71.9 Å². The number of nitrogens with zero attached hydrogens (tertiary/aromatic N) is 1. The average molecular weight is 479 g/mol. The van der Waals surface area contributed by atoms with E-state index in [2.05, 4.69) is 113 Å². The average Bonchev–Trinajstić information content (AvgIpc) is 2.79. The van der Waals surface area contributed by atoms with Gasteiger partial charge in [-0.2, -0.15) is 0 Å². The van der Waals surface area contributed by atoms with Crippen LogP contribution in [0.15, 0.2) is 70.6 Å². The van der Waals surface area contributed by atoms with E-state index in [1.54, 1.807) is 5.19 Å². The highest BCUT2D eigenvalue weighted by Crippen LogP contribution is 2.53. The van der Waals surface area contributed by atoms with Crippen LogP contribution in [0.25, 0.3) is 43.6 Å². The number of aryl methyl sites for hydroxylation is 2. The summed E-state index contributed by atoms with van der Waals surface area (Å²) in [5, 5.41) is 9.99. The van der Waals surface area contributed by atoms with Crippen LogP contribution in [-0.4, -0.2) is 8.07 Å². The fourth-order valence-corrected chi connectivity index (χ4v) is 9.12. The van der Waals surface area contributed by atoms with Crippen molar-refractivity contribution in [2.45, 2.75) is 56.1 Å². The molecule has 0 atom stereocenters. The van der Waals surface area contributed by atoms with Gasteiger partial charge in [0.05, 0.1) is 19.0 Å². The summed E-state index contributed by atoms with van der Waals surface area (Å²) in [5.74, 6) is 0.454. The van der Waals surface area contributed by atoms with Gasteiger partial charge in [0, 0.05) is 21.2 Å². The van der Waals surface area contributed by atoms with Gasteiger partial charge in [-0.15, -0.1) is 0 Å². The lowest BCUT2D eigenvalue weighted by atomic mass is 9.87. The number of benzene rings is 4. The second kappa shape index (κ2) is 7.44. The van der Waals surface area contributed by atoms with Gasteiger partial charge < -0.3 is 0 Å². The Kier molecular flexibility index (Phi) is 4.79. The lowest BCUT2D eigenvalue weighted by molar-refractivity contribution is -0.659. The van der Waals surface area contributed by atoms with Crippen molar-refractivity contribution in [3.63, 3.8) is 0 Å². The molecule has 1 aromatic heterocycles. The molecule has 170 valence electrons. The highest BCUT2D eigenvalue weighted by molar-refractivity contribution is 8.00. The van der Waals surface area contributed by atoms with Crippen LogP contribution in [0.3, 0.4) is 0 Å². The number of hydrogen-bond donors (Lipinski definition) is 0. The number of aromatic nitrogens is 1. The van der Waals surface area contributed by atoms with Crippen molar-refractivity contribution >= 4 is 57.3 Å². The molecule has 0 fully saturated rings. The third-order valence-corrected chi connectivity index (χ3v) is 10.8. The van der Waals surface area contributed by atoms with E-state index in [9.17, 15) is 0 Å². The van der Waals surface area contributed by atoms with Crippen molar-refractivity contribution < 1.29 is 4.57 Å². The monoisotopic (exact) mass is 478 g/mol. The quantitative estimate of drug-likeness (QED) is 0.138. The zero-order valence-electron chi connectivity index (χ0n) is 21.2. The molecule has 0 N–H and O–H groups in total. The molecule has 2 heterocycles. The summed E-state index contributed by atoms with van der Waals surface area (Å²) in [6, 6.07) is 20.8. The molecule has 0 unspecified atom stereocenters. The highest BCUT2D eigenvalue weighted by Gasteiger charge is 2.33. The second-order valence-corrected chi connectivity index (χ2v) is 17.2. The second-order valence-electron chi connectivity index (χ2n) is 11.1. The lowest BCUT2D eigenvalue weighted by Crippen LogP contribution is -2.38. The molecule has 34 heavy (non-hydrogen) atoms. The Labute approximate surface area is 207 Å². The minimum Gasteiger partial charge on any atom is -0.200 e. The van der Waals surface area contributed by atoms with E-state index < -0.39 is 8.07 Å². The molecule has 1 aliphatic rings. The van der Waals surface area contributed by atoms with E-state index in [-0.39, 0.29) is 0 Å². The van der Waals surface area contributed by atoms with Crippen molar-refractivity contribution in [1.82, 2.24) is 0 Å². The van der Waals surface area contributed by atoms with Crippen LogP contribution in [0.5, 0.6) is 0 Å². The summed E-state index contributed by atoms with van der Waals surface area (Å²) in [6.07, 6.45) is 2.27. The minimum absolute atomic E-state index is 0.454. The zero-order valence-corrected chi connectivity index (χ0v) is 23.0. The van der Waals surface area contributed by atoms with Gasteiger partial charge in [0.15, 0.2) is 6.20 Å². The normalized spacial score (nSPS) is 13.3. The van der Waals surface area contributed by atoms with Crippen LogP contribution in [0.2, 0.25) is 19.6 Å². The van der Waals surface area contributed by atoms with E-state index in [0.717, 1.165) is 0 Å². The third kappa shape index (κ3) is 2.96. The molecular formula is C31H32NSSi+. The van der Waals surface area contributed by atoms with Crippen molar-refractivity contribution in [2.75, 3.05) is 0 Å². The van der Waals surface area contributed by atoms with Gasteiger partial charge in [0.1, 0.15) is 7.05 Å². The van der Waals surface area contributed by atoms with Crippen LogP contribution >= 0.6 is 11.8 Å². The molecule has 0 bridgehead atoms. The number of fused-ring (bicyclic) bond motifs is 5. The standard InChI is InChI=1S/C31H32NSSi/c1-18(2)27-22-12-9-8-11-20(22)19(3)28-30-29-23(15-16-32(30)4)21-13-10-14-26(34(5,6)7)24(21)17-25(29)33-31(27)28/h8-18H,1-7H3/q+1. The van der Waals surface area contributed by atoms with Crippen molar-refractivity contribution in [2.24, 2.45) is 7.05 Å². The molecule has 0 aliphatic carbocycles. The maximum Gasteiger partial charge on any atom is 0.222 e. The molecule has 0 spiro atoms. The largest absolute Gasteiger partial charge is 0.222 e. The van der Waals surface area contributed by atoms with Gasteiger partial charge in [-0.05, 0) is 51.6 Å². The minimum atomic E-state index is -1.49. The van der Waals surface area contributed by atoms with E-state index >= 15 is 0 Å². The molecule has 1 nitrogen and oxygen atoms in total. The summed E-state index contributed by atoms with van der Waals surface area (Å²) in [5.41, 5.74) is 5.68. The molecule has 0 radical (unpaired) electrons. The number of rotatable bonds is 2. The van der Waals surface area contributed by atoms with E-state index in [1.165, 1.54) is 64.5 Å². The van der Waals surface area contributed by atoms with Crippen LogP contribution in [0, 0.1) is 6.92 Å². The maximum atomic E-state index is 2.51. The SMILES string of the molecule is Cc1c2c(c(C(C)C)c3ccccc13)Sc1cc3c([Si](C)(C)C)cccc3c3cc[n+](C)c-2c13. The molecule has 0 amide bonds. The first-order valence-electron chi connectivity index (χ1n) is 12.3. The molecule has 0 saturated heterocycles. The van der Waals surface area contributed by atoms with Gasteiger partial charge >= 0.3 is 0 Å². The fourth-order valence-electron chi connectivity index (χ4n) is 6.00. The van der Waals surface area contributed by atoms with Crippen LogP contribution < -0.4 is 9.75 Å². The predicted molar refractivity (Wildman–Crippen MR) is 152 cm³/mol. The lowest BCUT2D eigenvalue weighted by Gasteiger charge is -2.27. The van der Waals surface area contributed by atoms with Gasteiger partial charge in [0.25, 0.3) is 0 Å². The molecule has 0 saturated carbocycles. The molecule has 3 heteroatoms. The van der Waals surface area contributed by atoms with E-state index in [1.807, 2.05) is 11.8 Å². The van der Waals surface area contributed by atoms with Crippen LogP contribution in [0.1, 0.15) is 30.9 Å². The van der Waals surface area contributed by atoms with Crippen molar-refractivity contribution in [1.29, 1.82) is 0 Å². The Morgan fingerprint density at radius 2 is 1.53 bits per heavy atom. The predicted octanol–water partition coefficient (Wildman–Crippen LogP) is 8.08.